The van der Waals surface area contributed by atoms with Gasteiger partial charge < -0.3 is 15.5 Å². The number of carbonyl (C=O) groups is 3. The summed E-state index contributed by atoms with van der Waals surface area (Å²) in [5, 5.41) is 12.1. The van der Waals surface area contributed by atoms with Crippen molar-refractivity contribution in [3.05, 3.63) is 34.9 Å². The highest BCUT2D eigenvalue weighted by atomic mass is 16.2. The van der Waals surface area contributed by atoms with Gasteiger partial charge in [-0.25, -0.2) is 4.79 Å². The predicted octanol–water partition coefficient (Wildman–Crippen LogP) is 2.09. The highest BCUT2D eigenvalue weighted by Gasteiger charge is 2.43. The van der Waals surface area contributed by atoms with E-state index in [-0.39, 0.29) is 24.0 Å². The van der Waals surface area contributed by atoms with Gasteiger partial charge in [0.05, 0.1) is 12.1 Å². The van der Waals surface area contributed by atoms with Crippen LogP contribution in [0, 0.1) is 18.8 Å². The molecule has 0 radical (unpaired) electrons. The van der Waals surface area contributed by atoms with Crippen molar-refractivity contribution in [3.8, 4) is 0 Å². The molecule has 0 spiro atoms. The van der Waals surface area contributed by atoms with Crippen molar-refractivity contribution in [2.24, 2.45) is 11.8 Å². The number of nitrogens with one attached hydrogen (secondary N) is 4. The number of hydrogen-bond donors (Lipinski definition) is 4. The number of nitrogens with zero attached hydrogens (tertiary/aromatic N) is 1. The van der Waals surface area contributed by atoms with Gasteiger partial charge in [-0.05, 0) is 81.2 Å². The van der Waals surface area contributed by atoms with Gasteiger partial charge in [0, 0.05) is 31.2 Å². The fourth-order valence-corrected chi connectivity index (χ4v) is 5.66. The molecular formula is C25H37N5O3. The van der Waals surface area contributed by atoms with Gasteiger partial charge in [-0.1, -0.05) is 13.0 Å². The summed E-state index contributed by atoms with van der Waals surface area (Å²) in [4.78, 5) is 40.4. The van der Waals surface area contributed by atoms with E-state index < -0.39 is 11.9 Å². The largest absolute Gasteiger partial charge is 0.342 e. The number of likely N-dealkylation sites (N-methyl/N-ethyl adjacent to an activating group) is 1. The first-order chi connectivity index (χ1) is 15.7. The van der Waals surface area contributed by atoms with Gasteiger partial charge in [0.15, 0.2) is 0 Å². The lowest BCUT2D eigenvalue weighted by atomic mass is 9.75. The smallest absolute Gasteiger partial charge is 0.322 e. The minimum Gasteiger partial charge on any atom is -0.342 e. The van der Waals surface area contributed by atoms with Crippen LogP contribution in [-0.2, 0) is 4.79 Å². The van der Waals surface area contributed by atoms with Gasteiger partial charge in [0.2, 0.25) is 5.91 Å². The summed E-state index contributed by atoms with van der Waals surface area (Å²) < 4.78 is 0. The highest BCUT2D eigenvalue weighted by Crippen LogP contribution is 2.38. The topological polar surface area (TPSA) is 103 Å². The van der Waals surface area contributed by atoms with Gasteiger partial charge in [0.1, 0.15) is 0 Å². The van der Waals surface area contributed by atoms with Crippen LogP contribution in [-0.4, -0.2) is 61.1 Å². The molecule has 3 heterocycles. The molecule has 6 unspecified atom stereocenters. The van der Waals surface area contributed by atoms with E-state index in [4.69, 9.17) is 0 Å². The van der Waals surface area contributed by atoms with Crippen molar-refractivity contribution in [3.63, 3.8) is 0 Å². The number of fused-ring (bicyclic) bond motifs is 1. The van der Waals surface area contributed by atoms with Crippen molar-refractivity contribution >= 4 is 17.8 Å². The molecule has 0 aromatic heterocycles. The molecule has 0 saturated carbocycles. The first-order valence-corrected chi connectivity index (χ1v) is 12.2. The van der Waals surface area contributed by atoms with Crippen LogP contribution in [0.3, 0.4) is 0 Å². The number of aryl methyl sites for hydroxylation is 1. The number of benzene rings is 1. The van der Waals surface area contributed by atoms with Crippen LogP contribution in [0.1, 0.15) is 66.9 Å². The first kappa shape index (κ1) is 23.7. The van der Waals surface area contributed by atoms with Crippen LogP contribution in [0.4, 0.5) is 4.79 Å². The summed E-state index contributed by atoms with van der Waals surface area (Å²) in [5.74, 6) is 0.296. The molecule has 3 fully saturated rings. The molecule has 0 bridgehead atoms. The lowest BCUT2D eigenvalue weighted by molar-refractivity contribution is -0.140. The van der Waals surface area contributed by atoms with Crippen LogP contribution in [0.25, 0.3) is 0 Å². The average molecular weight is 456 g/mol. The van der Waals surface area contributed by atoms with E-state index in [0.29, 0.717) is 23.4 Å². The lowest BCUT2D eigenvalue weighted by Crippen LogP contribution is -2.57. The Kier molecular flexibility index (Phi) is 7.05. The molecule has 180 valence electrons. The summed E-state index contributed by atoms with van der Waals surface area (Å²) in [7, 11) is 1.90. The molecule has 1 aromatic carbocycles. The van der Waals surface area contributed by atoms with E-state index in [9.17, 15) is 14.4 Å². The highest BCUT2D eigenvalue weighted by molar-refractivity contribution is 6.04. The van der Waals surface area contributed by atoms with Crippen molar-refractivity contribution in [2.75, 3.05) is 20.1 Å². The van der Waals surface area contributed by atoms with E-state index in [1.807, 2.05) is 24.9 Å². The van der Waals surface area contributed by atoms with Crippen molar-refractivity contribution in [1.82, 2.24) is 26.2 Å². The maximum absolute atomic E-state index is 13.3. The molecule has 33 heavy (non-hydrogen) atoms. The Hall–Kier alpha value is -2.45. The van der Waals surface area contributed by atoms with Gasteiger partial charge in [0.25, 0.3) is 5.91 Å². The Morgan fingerprint density at radius 1 is 1.12 bits per heavy atom. The molecule has 4 amide bonds. The predicted molar refractivity (Wildman–Crippen MR) is 127 cm³/mol. The van der Waals surface area contributed by atoms with Crippen LogP contribution in [0.15, 0.2) is 18.2 Å². The Morgan fingerprint density at radius 3 is 2.67 bits per heavy atom. The quantitative estimate of drug-likeness (QED) is 0.559. The zero-order valence-electron chi connectivity index (χ0n) is 20.1. The zero-order valence-corrected chi connectivity index (χ0v) is 20.1. The summed E-state index contributed by atoms with van der Waals surface area (Å²) in [6, 6.07) is 5.53. The number of hydrogen-bond acceptors (Lipinski definition) is 5. The molecule has 0 aliphatic carbocycles. The summed E-state index contributed by atoms with van der Waals surface area (Å²) >= 11 is 0. The standard InChI is InChI=1S/C25H37N5O3/c1-14-7-8-26-22(9-14)28-25(33)29-23(31)17-6-5-15(2)19(11-17)20-12-18-13-27-16(3)10-21(18)30(4)24(20)32/h5-6,11,14,16,18,20-22,26-27H,7-10,12-13H2,1-4H3,(H2,28,29,31,33). The van der Waals surface area contributed by atoms with Crippen LogP contribution >= 0.6 is 0 Å². The van der Waals surface area contributed by atoms with Gasteiger partial charge >= 0.3 is 6.03 Å². The Labute approximate surface area is 196 Å². The monoisotopic (exact) mass is 455 g/mol. The molecule has 8 nitrogen and oxygen atoms in total. The summed E-state index contributed by atoms with van der Waals surface area (Å²) in [5.41, 5.74) is 2.25. The number of imide groups is 1. The minimum atomic E-state index is -0.507. The van der Waals surface area contributed by atoms with E-state index in [2.05, 4.69) is 35.1 Å². The van der Waals surface area contributed by atoms with Crippen molar-refractivity contribution in [1.29, 1.82) is 0 Å². The van der Waals surface area contributed by atoms with E-state index in [0.717, 1.165) is 49.9 Å². The van der Waals surface area contributed by atoms with Crippen LogP contribution < -0.4 is 21.3 Å². The molecule has 4 N–H and O–H groups in total. The third kappa shape index (κ3) is 5.22. The van der Waals surface area contributed by atoms with E-state index >= 15 is 0 Å². The number of urea groups is 1. The van der Waals surface area contributed by atoms with Crippen LogP contribution in [0.5, 0.6) is 0 Å². The van der Waals surface area contributed by atoms with E-state index in [1.54, 1.807) is 12.1 Å². The molecule has 3 aliphatic heterocycles. The summed E-state index contributed by atoms with van der Waals surface area (Å²) in [6.07, 6.45) is 3.52. The van der Waals surface area contributed by atoms with Crippen molar-refractivity contribution in [2.45, 2.75) is 70.6 Å². The number of rotatable bonds is 3. The normalized spacial score (nSPS) is 32.1. The first-order valence-electron chi connectivity index (χ1n) is 12.2. The Morgan fingerprint density at radius 2 is 1.91 bits per heavy atom. The molecule has 4 rings (SSSR count). The molecular weight excluding hydrogens is 418 g/mol. The second-order valence-electron chi connectivity index (χ2n) is 10.2. The molecule has 6 atom stereocenters. The van der Waals surface area contributed by atoms with E-state index in [1.165, 1.54) is 0 Å². The fourth-order valence-electron chi connectivity index (χ4n) is 5.66. The lowest BCUT2D eigenvalue weighted by Gasteiger charge is -2.47. The number of piperidine rings is 3. The average Bonchev–Trinajstić information content (AvgIpc) is 2.77. The molecule has 8 heteroatoms. The zero-order chi connectivity index (χ0) is 23.7. The minimum absolute atomic E-state index is 0.112. The number of amides is 4. The van der Waals surface area contributed by atoms with Crippen molar-refractivity contribution < 1.29 is 14.4 Å². The SMILES string of the molecule is Cc1ccc(C(=O)NC(=O)NC2CC(C)CCN2)cc1C1CC2CNC(C)CC2N(C)C1=O. The molecule has 3 saturated heterocycles. The fraction of sp³-hybridized carbons (Fsp3) is 0.640. The third-order valence-electron chi connectivity index (χ3n) is 7.66. The third-order valence-corrected chi connectivity index (χ3v) is 7.66. The maximum atomic E-state index is 13.3. The second kappa shape index (κ2) is 9.81. The van der Waals surface area contributed by atoms with Gasteiger partial charge in [-0.15, -0.1) is 0 Å². The molecule has 1 aromatic rings. The number of carbonyl (C=O) groups excluding carboxylic acids is 3. The molecule has 3 aliphatic rings. The number of likely N-dealkylation sites (tertiary alicyclic amines) is 1. The maximum Gasteiger partial charge on any atom is 0.322 e. The van der Waals surface area contributed by atoms with Gasteiger partial charge in [-0.2, -0.15) is 0 Å². The second-order valence-corrected chi connectivity index (χ2v) is 10.2. The summed E-state index contributed by atoms with van der Waals surface area (Å²) in [6.45, 7) is 8.03. The Bertz CT molecular complexity index is 919. The van der Waals surface area contributed by atoms with Crippen LogP contribution in [0.2, 0.25) is 0 Å². The van der Waals surface area contributed by atoms with Gasteiger partial charge in [-0.3, -0.25) is 20.2 Å². The Balaban J connectivity index is 1.45.